The lowest BCUT2D eigenvalue weighted by Gasteiger charge is -2.31. The van der Waals surface area contributed by atoms with E-state index < -0.39 is 33.8 Å². The normalized spacial score (nSPS) is 22.0. The van der Waals surface area contributed by atoms with E-state index in [-0.39, 0.29) is 12.6 Å². The van der Waals surface area contributed by atoms with Crippen LogP contribution in [0.3, 0.4) is 0 Å². The van der Waals surface area contributed by atoms with Crippen LogP contribution in [0.2, 0.25) is 0 Å². The minimum Gasteiger partial charge on any atom is -0.467 e. The van der Waals surface area contributed by atoms with Crippen molar-refractivity contribution in [2.24, 2.45) is 0 Å². The Morgan fingerprint density at radius 2 is 1.83 bits per heavy atom. The molecule has 0 aliphatic carbocycles. The summed E-state index contributed by atoms with van der Waals surface area (Å²) in [5.41, 5.74) is -0.700. The Labute approximate surface area is 137 Å². The van der Waals surface area contributed by atoms with Crippen molar-refractivity contribution in [2.45, 2.75) is 57.7 Å². The minimum atomic E-state index is -3.54. The molecular formula is C14H25NO7S. The van der Waals surface area contributed by atoms with Gasteiger partial charge in [0.2, 0.25) is 0 Å². The van der Waals surface area contributed by atoms with E-state index in [9.17, 15) is 18.0 Å². The van der Waals surface area contributed by atoms with Gasteiger partial charge in [0.25, 0.3) is 10.1 Å². The first-order valence-electron chi connectivity index (χ1n) is 7.38. The van der Waals surface area contributed by atoms with Crippen molar-refractivity contribution in [1.82, 2.24) is 4.90 Å². The van der Waals surface area contributed by atoms with E-state index >= 15 is 0 Å². The van der Waals surface area contributed by atoms with Crippen LogP contribution in [0.1, 0.15) is 40.0 Å². The molecule has 1 fully saturated rings. The van der Waals surface area contributed by atoms with Crippen LogP contribution in [-0.4, -0.2) is 63.0 Å². The number of carbonyl (C=O) groups is 2. The van der Waals surface area contributed by atoms with E-state index in [0.29, 0.717) is 19.3 Å². The van der Waals surface area contributed by atoms with Gasteiger partial charge in [-0.2, -0.15) is 8.42 Å². The zero-order valence-electron chi connectivity index (χ0n) is 14.2. The van der Waals surface area contributed by atoms with Crippen LogP contribution < -0.4 is 0 Å². The Bertz CT molecular complexity index is 538. The summed E-state index contributed by atoms with van der Waals surface area (Å²) < 4.78 is 36.9. The Morgan fingerprint density at radius 3 is 2.30 bits per heavy atom. The lowest BCUT2D eigenvalue weighted by atomic mass is 10.1. The second kappa shape index (κ2) is 7.48. The molecule has 9 heteroatoms. The molecule has 0 aromatic carbocycles. The molecule has 0 radical (unpaired) electrons. The number of nitrogens with zero attached hydrogens (tertiary/aromatic N) is 1. The average molecular weight is 351 g/mol. The van der Waals surface area contributed by atoms with Crippen LogP contribution in [0.15, 0.2) is 0 Å². The third-order valence-electron chi connectivity index (χ3n) is 3.33. The predicted octanol–water partition coefficient (Wildman–Crippen LogP) is 1.29. The average Bonchev–Trinajstić information content (AvgIpc) is 2.78. The smallest absolute Gasteiger partial charge is 0.411 e. The third kappa shape index (κ3) is 6.34. The number of rotatable bonds is 5. The lowest BCUT2D eigenvalue weighted by Crippen LogP contribution is -2.47. The molecule has 134 valence electrons. The molecule has 8 nitrogen and oxygen atoms in total. The summed E-state index contributed by atoms with van der Waals surface area (Å²) in [6.45, 7) is 5.14. The monoisotopic (exact) mass is 351 g/mol. The Hall–Kier alpha value is -1.35. The van der Waals surface area contributed by atoms with Crippen molar-refractivity contribution >= 4 is 22.2 Å². The summed E-state index contributed by atoms with van der Waals surface area (Å²) in [5.74, 6) is -0.512. The largest absolute Gasteiger partial charge is 0.467 e. The van der Waals surface area contributed by atoms with Gasteiger partial charge in [-0.05, 0) is 40.0 Å². The molecular weight excluding hydrogens is 326 g/mol. The van der Waals surface area contributed by atoms with Crippen LogP contribution in [0.4, 0.5) is 4.79 Å². The van der Waals surface area contributed by atoms with E-state index in [0.717, 1.165) is 6.26 Å². The Balaban J connectivity index is 2.83. The fourth-order valence-corrected chi connectivity index (χ4v) is 2.86. The van der Waals surface area contributed by atoms with E-state index in [2.05, 4.69) is 0 Å². The summed E-state index contributed by atoms with van der Waals surface area (Å²) in [7, 11) is -2.28. The molecule has 1 aliphatic rings. The zero-order chi connectivity index (χ0) is 17.8. The van der Waals surface area contributed by atoms with E-state index in [1.165, 1.54) is 12.0 Å². The summed E-state index contributed by atoms with van der Waals surface area (Å²) in [6, 6.07) is -1.06. The molecule has 1 rings (SSSR count). The van der Waals surface area contributed by atoms with E-state index in [4.69, 9.17) is 13.7 Å². The highest BCUT2D eigenvalue weighted by Crippen LogP contribution is 2.29. The topological polar surface area (TPSA) is 99.2 Å². The summed E-state index contributed by atoms with van der Waals surface area (Å²) in [4.78, 5) is 25.6. The maximum absolute atomic E-state index is 12.4. The third-order valence-corrected chi connectivity index (χ3v) is 3.92. The molecule has 0 bridgehead atoms. The van der Waals surface area contributed by atoms with Crippen LogP contribution in [0, 0.1) is 0 Å². The van der Waals surface area contributed by atoms with Crippen molar-refractivity contribution in [3.8, 4) is 0 Å². The molecule has 1 saturated heterocycles. The molecule has 1 aliphatic heterocycles. The highest BCUT2D eigenvalue weighted by molar-refractivity contribution is 7.85. The molecule has 1 heterocycles. The van der Waals surface area contributed by atoms with Crippen LogP contribution in [0.25, 0.3) is 0 Å². The molecule has 0 N–H and O–H groups in total. The Kier molecular flexibility index (Phi) is 6.41. The molecule has 0 unspecified atom stereocenters. The SMILES string of the molecule is COC(=O)[C@H]1CC[C@@H](CCOS(C)(=O)=O)N1C(=O)OC(C)(C)C. The molecule has 0 aromatic rings. The molecule has 0 spiro atoms. The number of amides is 1. The maximum atomic E-state index is 12.4. The fraction of sp³-hybridized carbons (Fsp3) is 0.857. The molecule has 2 atom stereocenters. The molecule has 0 saturated carbocycles. The number of likely N-dealkylation sites (tertiary alicyclic amines) is 1. The molecule has 1 amide bonds. The number of ether oxygens (including phenoxy) is 2. The Morgan fingerprint density at radius 1 is 1.22 bits per heavy atom. The van der Waals surface area contributed by atoms with Gasteiger partial charge in [0, 0.05) is 6.04 Å². The highest BCUT2D eigenvalue weighted by atomic mass is 32.2. The van der Waals surface area contributed by atoms with Gasteiger partial charge in [-0.25, -0.2) is 9.59 Å². The van der Waals surface area contributed by atoms with Crippen molar-refractivity contribution < 1.29 is 31.7 Å². The summed E-state index contributed by atoms with van der Waals surface area (Å²) in [6.07, 6.45) is 1.63. The van der Waals surface area contributed by atoms with Gasteiger partial charge in [0.1, 0.15) is 11.6 Å². The zero-order valence-corrected chi connectivity index (χ0v) is 15.0. The van der Waals surface area contributed by atoms with Gasteiger partial charge in [0.15, 0.2) is 0 Å². The van der Waals surface area contributed by atoms with Crippen LogP contribution >= 0.6 is 0 Å². The quantitative estimate of drug-likeness (QED) is 0.543. The van der Waals surface area contributed by atoms with Crippen molar-refractivity contribution in [3.05, 3.63) is 0 Å². The van der Waals surface area contributed by atoms with Crippen molar-refractivity contribution in [2.75, 3.05) is 20.0 Å². The standard InChI is InChI=1S/C14H25NO7S/c1-14(2,3)22-13(17)15-10(8-9-21-23(5,18)19)6-7-11(15)12(16)20-4/h10-11H,6-9H2,1-5H3/t10-,11+/m0/s1. The second-order valence-corrected chi connectivity index (χ2v) is 8.12. The highest BCUT2D eigenvalue weighted by Gasteiger charge is 2.43. The first kappa shape index (κ1) is 19.7. The number of hydrogen-bond acceptors (Lipinski definition) is 7. The summed E-state index contributed by atoms with van der Waals surface area (Å²) in [5, 5.41) is 0. The van der Waals surface area contributed by atoms with Gasteiger partial charge in [-0.15, -0.1) is 0 Å². The molecule has 0 aromatic heterocycles. The second-order valence-electron chi connectivity index (χ2n) is 6.47. The first-order valence-corrected chi connectivity index (χ1v) is 9.20. The first-order chi connectivity index (χ1) is 10.4. The fourth-order valence-electron chi connectivity index (χ4n) is 2.46. The van der Waals surface area contributed by atoms with Gasteiger partial charge in [-0.3, -0.25) is 9.08 Å². The van der Waals surface area contributed by atoms with Gasteiger partial charge in [0.05, 0.1) is 20.0 Å². The van der Waals surface area contributed by atoms with E-state index in [1.807, 2.05) is 0 Å². The van der Waals surface area contributed by atoms with E-state index in [1.54, 1.807) is 20.8 Å². The number of methoxy groups -OCH3 is 1. The lowest BCUT2D eigenvalue weighted by molar-refractivity contribution is -0.146. The van der Waals surface area contributed by atoms with Crippen molar-refractivity contribution in [1.29, 1.82) is 0 Å². The van der Waals surface area contributed by atoms with Gasteiger partial charge >= 0.3 is 12.1 Å². The summed E-state index contributed by atoms with van der Waals surface area (Å²) >= 11 is 0. The molecule has 23 heavy (non-hydrogen) atoms. The number of hydrogen-bond donors (Lipinski definition) is 0. The van der Waals surface area contributed by atoms with Gasteiger partial charge in [-0.1, -0.05) is 0 Å². The van der Waals surface area contributed by atoms with Crippen LogP contribution in [0.5, 0.6) is 0 Å². The number of carbonyl (C=O) groups excluding carboxylic acids is 2. The minimum absolute atomic E-state index is 0.0588. The predicted molar refractivity (Wildman–Crippen MR) is 82.3 cm³/mol. The number of esters is 1. The van der Waals surface area contributed by atoms with Crippen molar-refractivity contribution in [3.63, 3.8) is 0 Å². The van der Waals surface area contributed by atoms with Gasteiger partial charge < -0.3 is 9.47 Å². The maximum Gasteiger partial charge on any atom is 0.411 e. The van der Waals surface area contributed by atoms with Crippen LogP contribution in [-0.2, 0) is 28.6 Å².